The van der Waals surface area contributed by atoms with Crippen LogP contribution in [0.25, 0.3) is 0 Å². The Kier molecular flexibility index (Phi) is 7.01. The highest BCUT2D eigenvalue weighted by atomic mass is 32.2. The van der Waals surface area contributed by atoms with E-state index < -0.39 is 31.9 Å². The van der Waals surface area contributed by atoms with E-state index >= 15 is 0 Å². The first-order chi connectivity index (χ1) is 14.7. The molecule has 2 aliphatic rings. The summed E-state index contributed by atoms with van der Waals surface area (Å²) in [7, 11) is -3.96. The van der Waals surface area contributed by atoms with E-state index in [0.717, 1.165) is 44.2 Å². The highest BCUT2D eigenvalue weighted by Crippen LogP contribution is 2.40. The molecule has 0 unspecified atom stereocenters. The molecule has 180 valence electrons. The Bertz CT molecular complexity index is 932. The van der Waals surface area contributed by atoms with Crippen LogP contribution in [0.2, 0.25) is 0 Å². The Balaban J connectivity index is 1.55. The molecule has 32 heavy (non-hydrogen) atoms. The number of benzene rings is 1. The van der Waals surface area contributed by atoms with Gasteiger partial charge in [-0.2, -0.15) is 13.2 Å². The number of halogens is 3. The zero-order valence-electron chi connectivity index (χ0n) is 18.7. The van der Waals surface area contributed by atoms with Crippen molar-refractivity contribution < 1.29 is 26.4 Å². The third kappa shape index (κ3) is 5.65. The molecule has 0 radical (unpaired) electrons. The van der Waals surface area contributed by atoms with Gasteiger partial charge >= 0.3 is 6.18 Å². The van der Waals surface area contributed by atoms with Gasteiger partial charge in [-0.15, -0.1) is 0 Å². The van der Waals surface area contributed by atoms with Crippen molar-refractivity contribution in [2.75, 3.05) is 0 Å². The number of nitrogens with two attached hydrogens (primary N) is 1. The van der Waals surface area contributed by atoms with Crippen LogP contribution in [0.15, 0.2) is 29.2 Å². The van der Waals surface area contributed by atoms with E-state index in [9.17, 15) is 26.4 Å². The molecule has 5 nitrogen and oxygen atoms in total. The van der Waals surface area contributed by atoms with Crippen molar-refractivity contribution in [1.29, 1.82) is 0 Å². The number of sulfone groups is 1. The van der Waals surface area contributed by atoms with Crippen LogP contribution in [0, 0.1) is 5.92 Å². The van der Waals surface area contributed by atoms with Crippen molar-refractivity contribution in [2.24, 2.45) is 11.7 Å². The summed E-state index contributed by atoms with van der Waals surface area (Å²) in [4.78, 5) is 12.1. The summed E-state index contributed by atoms with van der Waals surface area (Å²) in [5.41, 5.74) is 4.95. The molecule has 2 fully saturated rings. The normalized spacial score (nSPS) is 23.9. The van der Waals surface area contributed by atoms with Crippen LogP contribution in [0.5, 0.6) is 0 Å². The van der Waals surface area contributed by atoms with E-state index in [1.54, 1.807) is 13.8 Å². The Morgan fingerprint density at radius 1 is 1.16 bits per heavy atom. The first kappa shape index (κ1) is 25.0. The van der Waals surface area contributed by atoms with Gasteiger partial charge in [-0.1, -0.05) is 25.3 Å². The van der Waals surface area contributed by atoms with E-state index in [1.165, 1.54) is 6.07 Å². The zero-order chi connectivity index (χ0) is 23.8. The highest BCUT2D eigenvalue weighted by Gasteiger charge is 2.43. The van der Waals surface area contributed by atoms with Crippen LogP contribution in [0.4, 0.5) is 13.2 Å². The summed E-state index contributed by atoms with van der Waals surface area (Å²) in [6.45, 7) is 3.10. The summed E-state index contributed by atoms with van der Waals surface area (Å²) in [5, 5.41) is 3.01. The summed E-state index contributed by atoms with van der Waals surface area (Å²) in [5.74, 6) is 0.0195. The molecule has 0 heterocycles. The van der Waals surface area contributed by atoms with Gasteiger partial charge < -0.3 is 11.1 Å². The maximum absolute atomic E-state index is 13.1. The van der Waals surface area contributed by atoms with Gasteiger partial charge in [0, 0.05) is 18.0 Å². The molecule has 0 aromatic heterocycles. The average Bonchev–Trinajstić information content (AvgIpc) is 2.65. The average molecular weight is 475 g/mol. The van der Waals surface area contributed by atoms with E-state index in [0.29, 0.717) is 31.7 Å². The maximum Gasteiger partial charge on any atom is 0.416 e. The third-order valence-electron chi connectivity index (χ3n) is 6.94. The van der Waals surface area contributed by atoms with Gasteiger partial charge in [0.05, 0.1) is 15.2 Å². The smallest absolute Gasteiger partial charge is 0.353 e. The minimum absolute atomic E-state index is 0.00764. The van der Waals surface area contributed by atoms with Crippen LogP contribution < -0.4 is 11.1 Å². The standard InChI is InChI=1S/C23H33F3N2O3S/c1-21(2,32(30,31)19-8-6-7-17(13-19)23(24,25)26)14-16-11-18(12-16)28-20(29)15-22(27)9-4-3-5-10-22/h6-8,13,16,18H,3-5,9-12,14-15,27H2,1-2H3,(H,28,29)/t16-,18+. The van der Waals surface area contributed by atoms with Gasteiger partial charge in [-0.3, -0.25) is 4.79 Å². The number of carbonyl (C=O) groups excluding carboxylic acids is 1. The molecule has 2 aliphatic carbocycles. The second-order valence-corrected chi connectivity index (χ2v) is 12.8. The molecule has 1 amide bonds. The fourth-order valence-electron chi connectivity index (χ4n) is 5.01. The predicted octanol–water partition coefficient (Wildman–Crippen LogP) is 4.59. The molecular weight excluding hydrogens is 441 g/mol. The number of carbonyl (C=O) groups is 1. The van der Waals surface area contributed by atoms with Crippen LogP contribution >= 0.6 is 0 Å². The lowest BCUT2D eigenvalue weighted by Crippen LogP contribution is -2.51. The SMILES string of the molecule is CC(C)(C[C@H]1C[C@@H](NC(=O)CC2(N)CCCCC2)C1)S(=O)(=O)c1cccc(C(F)(F)F)c1. The Morgan fingerprint density at radius 2 is 1.78 bits per heavy atom. The molecule has 0 atom stereocenters. The minimum Gasteiger partial charge on any atom is -0.353 e. The highest BCUT2D eigenvalue weighted by molar-refractivity contribution is 7.92. The Hall–Kier alpha value is -1.61. The molecule has 0 spiro atoms. The lowest BCUT2D eigenvalue weighted by atomic mass is 9.75. The third-order valence-corrected chi connectivity index (χ3v) is 9.44. The molecule has 1 aromatic carbocycles. The van der Waals surface area contributed by atoms with Gasteiger partial charge in [-0.25, -0.2) is 8.42 Å². The molecule has 3 N–H and O–H groups in total. The van der Waals surface area contributed by atoms with E-state index in [1.807, 2.05) is 0 Å². The number of alkyl halides is 3. The number of hydrogen-bond donors (Lipinski definition) is 2. The lowest BCUT2D eigenvalue weighted by Gasteiger charge is -2.41. The second-order valence-electron chi connectivity index (χ2n) is 10.2. The van der Waals surface area contributed by atoms with Gasteiger partial charge in [0.2, 0.25) is 5.91 Å². The van der Waals surface area contributed by atoms with Crippen molar-refractivity contribution in [3.8, 4) is 0 Å². The molecule has 1 aromatic rings. The van der Waals surface area contributed by atoms with E-state index in [-0.39, 0.29) is 22.8 Å². The quantitative estimate of drug-likeness (QED) is 0.605. The molecule has 0 saturated heterocycles. The molecule has 9 heteroatoms. The monoisotopic (exact) mass is 474 g/mol. The fourth-order valence-corrected chi connectivity index (χ4v) is 6.65. The Labute approximate surface area is 188 Å². The molecular formula is C23H33F3N2O3S. The number of amides is 1. The second kappa shape index (κ2) is 8.97. The van der Waals surface area contributed by atoms with Crippen LogP contribution in [0.3, 0.4) is 0 Å². The number of hydrogen-bond acceptors (Lipinski definition) is 4. The largest absolute Gasteiger partial charge is 0.416 e. The number of rotatable bonds is 7. The van der Waals surface area contributed by atoms with Gasteiger partial charge in [0.1, 0.15) is 0 Å². The van der Waals surface area contributed by atoms with Crippen molar-refractivity contribution in [3.63, 3.8) is 0 Å². The molecule has 0 bridgehead atoms. The summed E-state index contributed by atoms with van der Waals surface area (Å²) >= 11 is 0. The summed E-state index contributed by atoms with van der Waals surface area (Å²) < 4.78 is 64.0. The lowest BCUT2D eigenvalue weighted by molar-refractivity contribution is -0.137. The van der Waals surface area contributed by atoms with Crippen molar-refractivity contribution in [3.05, 3.63) is 29.8 Å². The van der Waals surface area contributed by atoms with E-state index in [4.69, 9.17) is 5.73 Å². The summed E-state index contributed by atoms with van der Waals surface area (Å²) in [6.07, 6.45) is 2.30. The predicted molar refractivity (Wildman–Crippen MR) is 117 cm³/mol. The fraction of sp³-hybridized carbons (Fsp3) is 0.696. The molecule has 0 aliphatic heterocycles. The van der Waals surface area contributed by atoms with Crippen LogP contribution in [0.1, 0.15) is 77.2 Å². The number of nitrogens with one attached hydrogen (secondary N) is 1. The van der Waals surface area contributed by atoms with Crippen molar-refractivity contribution >= 4 is 15.7 Å². The minimum atomic E-state index is -4.60. The zero-order valence-corrected chi connectivity index (χ0v) is 19.5. The van der Waals surface area contributed by atoms with Crippen LogP contribution in [-0.4, -0.2) is 30.7 Å². The van der Waals surface area contributed by atoms with Gasteiger partial charge in [-0.05, 0) is 70.1 Å². The maximum atomic E-state index is 13.1. The van der Waals surface area contributed by atoms with Crippen molar-refractivity contribution in [1.82, 2.24) is 5.32 Å². The van der Waals surface area contributed by atoms with Crippen molar-refractivity contribution in [2.45, 2.75) is 99.0 Å². The first-order valence-corrected chi connectivity index (χ1v) is 12.7. The van der Waals surface area contributed by atoms with Gasteiger partial charge in [0.15, 0.2) is 9.84 Å². The molecule has 2 saturated carbocycles. The summed E-state index contributed by atoms with van der Waals surface area (Å²) in [6, 6.07) is 3.90. The van der Waals surface area contributed by atoms with Crippen LogP contribution in [-0.2, 0) is 20.8 Å². The Morgan fingerprint density at radius 3 is 2.38 bits per heavy atom. The van der Waals surface area contributed by atoms with E-state index in [2.05, 4.69) is 5.32 Å². The topological polar surface area (TPSA) is 89.3 Å². The first-order valence-electron chi connectivity index (χ1n) is 11.2. The molecule has 3 rings (SSSR count). The van der Waals surface area contributed by atoms with Gasteiger partial charge in [0.25, 0.3) is 0 Å².